The maximum Gasteiger partial charge on any atom is 0.327 e. The molecule has 9 heteroatoms. The molecule has 0 aliphatic rings. The fraction of sp³-hybridized carbons (Fsp3) is 0.333. The topological polar surface area (TPSA) is 101 Å². The van der Waals surface area contributed by atoms with Gasteiger partial charge in [0, 0.05) is 11.4 Å². The van der Waals surface area contributed by atoms with E-state index < -0.39 is 45.1 Å². The van der Waals surface area contributed by atoms with E-state index in [1.54, 1.807) is 0 Å². The molecular weight excluding hydrogens is 369 g/mol. The van der Waals surface area contributed by atoms with Gasteiger partial charge < -0.3 is 10.4 Å². The average molecular weight is 382 g/mol. The summed E-state index contributed by atoms with van der Waals surface area (Å²) >= 11 is 3.04. The highest BCUT2D eigenvalue weighted by Crippen LogP contribution is 2.17. The number of carbonyl (C=O) groups excluding carboxylic acids is 1. The molecule has 21 heavy (non-hydrogen) atoms. The summed E-state index contributed by atoms with van der Waals surface area (Å²) in [4.78, 5) is 21.8. The summed E-state index contributed by atoms with van der Waals surface area (Å²) in [5, 5.41) is 10.9. The molecule has 0 aliphatic heterocycles. The maximum absolute atomic E-state index is 13.2. The van der Waals surface area contributed by atoms with Gasteiger partial charge in [0.15, 0.2) is 9.84 Å². The normalized spacial score (nSPS) is 12.7. The number of rotatable bonds is 6. The quantitative estimate of drug-likeness (QED) is 0.767. The Morgan fingerprint density at radius 1 is 1.38 bits per heavy atom. The van der Waals surface area contributed by atoms with Gasteiger partial charge in [0.2, 0.25) is 5.91 Å². The zero-order chi connectivity index (χ0) is 16.2. The Morgan fingerprint density at radius 2 is 2.00 bits per heavy atom. The van der Waals surface area contributed by atoms with Crippen molar-refractivity contribution in [1.82, 2.24) is 5.32 Å². The number of carboxylic acid groups (broad SMARTS) is 1. The van der Waals surface area contributed by atoms with Crippen molar-refractivity contribution < 1.29 is 27.5 Å². The molecule has 0 radical (unpaired) electrons. The first-order chi connectivity index (χ1) is 9.59. The Balaban J connectivity index is 2.89. The average Bonchev–Trinajstić information content (AvgIpc) is 2.24. The van der Waals surface area contributed by atoms with Crippen LogP contribution in [0.1, 0.15) is 12.5 Å². The summed E-state index contributed by atoms with van der Waals surface area (Å²) in [6.45, 7) is 1.09. The van der Waals surface area contributed by atoms with Crippen molar-refractivity contribution in [2.75, 3.05) is 5.75 Å². The van der Waals surface area contributed by atoms with Crippen molar-refractivity contribution >= 4 is 37.6 Å². The van der Waals surface area contributed by atoms with Crippen molar-refractivity contribution in [3.63, 3.8) is 0 Å². The first kappa shape index (κ1) is 17.6. The van der Waals surface area contributed by atoms with Gasteiger partial charge in [-0.05, 0) is 23.8 Å². The van der Waals surface area contributed by atoms with E-state index in [2.05, 4.69) is 15.9 Å². The minimum Gasteiger partial charge on any atom is -0.480 e. The Labute approximate surface area is 129 Å². The molecule has 0 aliphatic carbocycles. The lowest BCUT2D eigenvalue weighted by atomic mass is 10.2. The SMILES string of the molecule is CC(=O)N[C@@H](CS(=O)(=O)Cc1cc(F)cc(Br)c1)C(=O)O. The molecule has 1 rings (SSSR count). The second-order valence-corrected chi connectivity index (χ2v) is 7.45. The monoisotopic (exact) mass is 381 g/mol. The zero-order valence-corrected chi connectivity index (χ0v) is 13.4. The lowest BCUT2D eigenvalue weighted by Crippen LogP contribution is -2.44. The standard InChI is InChI=1S/C12H13BrFNO5S/c1-7(16)15-11(12(17)18)6-21(19,20)5-8-2-9(13)4-10(14)3-8/h2-4,11H,5-6H2,1H3,(H,15,16)(H,17,18)/t11-/m0/s1. The second-order valence-electron chi connectivity index (χ2n) is 4.42. The fourth-order valence-corrected chi connectivity index (χ4v) is 3.72. The summed E-state index contributed by atoms with van der Waals surface area (Å²) < 4.78 is 37.5. The van der Waals surface area contributed by atoms with Gasteiger partial charge in [0.1, 0.15) is 11.9 Å². The van der Waals surface area contributed by atoms with Gasteiger partial charge in [-0.3, -0.25) is 4.79 Å². The number of hydrogen-bond acceptors (Lipinski definition) is 4. The Kier molecular flexibility index (Phi) is 5.85. The van der Waals surface area contributed by atoms with Crippen molar-refractivity contribution in [2.24, 2.45) is 0 Å². The number of sulfone groups is 1. The predicted octanol–water partition coefficient (Wildman–Crippen LogP) is 1.09. The van der Waals surface area contributed by atoms with Crippen LogP contribution < -0.4 is 5.32 Å². The molecule has 1 amide bonds. The van der Waals surface area contributed by atoms with Crippen LogP contribution in [0.15, 0.2) is 22.7 Å². The predicted molar refractivity (Wildman–Crippen MR) is 76.8 cm³/mol. The van der Waals surface area contributed by atoms with Gasteiger partial charge in [0.05, 0.1) is 11.5 Å². The smallest absolute Gasteiger partial charge is 0.327 e. The van der Waals surface area contributed by atoms with Crippen LogP contribution in [0.3, 0.4) is 0 Å². The number of halogens is 2. The van der Waals surface area contributed by atoms with E-state index >= 15 is 0 Å². The van der Waals surface area contributed by atoms with E-state index in [0.29, 0.717) is 4.47 Å². The van der Waals surface area contributed by atoms with E-state index in [4.69, 9.17) is 5.11 Å². The highest BCUT2D eigenvalue weighted by Gasteiger charge is 2.26. The highest BCUT2D eigenvalue weighted by atomic mass is 79.9. The fourth-order valence-electron chi connectivity index (χ4n) is 1.68. The van der Waals surface area contributed by atoms with Gasteiger partial charge in [-0.15, -0.1) is 0 Å². The van der Waals surface area contributed by atoms with Crippen LogP contribution >= 0.6 is 15.9 Å². The Bertz CT molecular complexity index is 641. The molecule has 0 bridgehead atoms. The van der Waals surface area contributed by atoms with Crippen molar-refractivity contribution in [3.8, 4) is 0 Å². The summed E-state index contributed by atoms with van der Waals surface area (Å²) in [7, 11) is -3.84. The molecule has 116 valence electrons. The van der Waals surface area contributed by atoms with Crippen LogP contribution in [0.2, 0.25) is 0 Å². The minimum absolute atomic E-state index is 0.189. The molecule has 0 unspecified atom stereocenters. The molecule has 1 aromatic carbocycles. The van der Waals surface area contributed by atoms with Crippen LogP contribution in [0.4, 0.5) is 4.39 Å². The summed E-state index contributed by atoms with van der Waals surface area (Å²) in [5.41, 5.74) is 0.189. The minimum atomic E-state index is -3.84. The van der Waals surface area contributed by atoms with Crippen molar-refractivity contribution in [3.05, 3.63) is 34.1 Å². The first-order valence-corrected chi connectivity index (χ1v) is 8.36. The van der Waals surface area contributed by atoms with Crippen LogP contribution in [0.5, 0.6) is 0 Å². The Morgan fingerprint density at radius 3 is 2.48 bits per heavy atom. The third kappa shape index (κ3) is 6.21. The second kappa shape index (κ2) is 6.99. The van der Waals surface area contributed by atoms with Gasteiger partial charge in [0.25, 0.3) is 0 Å². The zero-order valence-electron chi connectivity index (χ0n) is 11.0. The van der Waals surface area contributed by atoms with Crippen molar-refractivity contribution in [1.29, 1.82) is 0 Å². The molecule has 6 nitrogen and oxygen atoms in total. The third-order valence-electron chi connectivity index (χ3n) is 2.41. The number of benzene rings is 1. The van der Waals surface area contributed by atoms with Crippen LogP contribution in [0.25, 0.3) is 0 Å². The highest BCUT2D eigenvalue weighted by molar-refractivity contribution is 9.10. The third-order valence-corrected chi connectivity index (χ3v) is 4.48. The number of aliphatic carboxylic acids is 1. The van der Waals surface area contributed by atoms with Gasteiger partial charge in [-0.2, -0.15) is 0 Å². The Hall–Kier alpha value is -1.48. The van der Waals surface area contributed by atoms with E-state index in [1.165, 1.54) is 12.1 Å². The molecule has 0 heterocycles. The van der Waals surface area contributed by atoms with Crippen LogP contribution in [0, 0.1) is 5.82 Å². The molecule has 0 saturated heterocycles. The molecule has 1 aromatic rings. The molecule has 0 spiro atoms. The van der Waals surface area contributed by atoms with Gasteiger partial charge in [-0.1, -0.05) is 15.9 Å². The van der Waals surface area contributed by atoms with Crippen LogP contribution in [-0.2, 0) is 25.2 Å². The molecule has 0 aromatic heterocycles. The maximum atomic E-state index is 13.2. The number of carbonyl (C=O) groups is 2. The summed E-state index contributed by atoms with van der Waals surface area (Å²) in [6, 6.07) is 2.11. The molecule has 0 fully saturated rings. The summed E-state index contributed by atoms with van der Waals surface area (Å²) in [5.74, 6) is -3.99. The number of carboxylic acids is 1. The van der Waals surface area contributed by atoms with E-state index in [-0.39, 0.29) is 5.56 Å². The van der Waals surface area contributed by atoms with Gasteiger partial charge in [-0.25, -0.2) is 17.6 Å². The van der Waals surface area contributed by atoms with E-state index in [9.17, 15) is 22.4 Å². The molecule has 1 atom stereocenters. The lowest BCUT2D eigenvalue weighted by Gasteiger charge is -2.13. The summed E-state index contributed by atoms with van der Waals surface area (Å²) in [6.07, 6.45) is 0. The molecule has 2 N–H and O–H groups in total. The van der Waals surface area contributed by atoms with Crippen molar-refractivity contribution in [2.45, 2.75) is 18.7 Å². The number of nitrogens with one attached hydrogen (secondary N) is 1. The first-order valence-electron chi connectivity index (χ1n) is 5.74. The largest absolute Gasteiger partial charge is 0.480 e. The van der Waals surface area contributed by atoms with E-state index in [0.717, 1.165) is 13.0 Å². The van der Waals surface area contributed by atoms with Gasteiger partial charge >= 0.3 is 5.97 Å². The molecule has 0 saturated carbocycles. The number of hydrogen-bond donors (Lipinski definition) is 2. The lowest BCUT2D eigenvalue weighted by molar-refractivity contribution is -0.140. The number of amides is 1. The molecular formula is C12H13BrFNO5S. The van der Waals surface area contributed by atoms with E-state index in [1.807, 2.05) is 5.32 Å². The van der Waals surface area contributed by atoms with Crippen LogP contribution in [-0.4, -0.2) is 37.2 Å².